The minimum Gasteiger partial charge on any atom is -0.394 e. The zero-order valence-electron chi connectivity index (χ0n) is 18.0. The molecule has 0 radical (unpaired) electrons. The summed E-state index contributed by atoms with van der Waals surface area (Å²) in [5.74, 6) is 3.07. The third-order valence-corrected chi connectivity index (χ3v) is 9.49. The Morgan fingerprint density at radius 3 is 2.55 bits per heavy atom. The standard InChI is InChI=1S/C25H31N3O2S/c29-16-25(9-1-10-25)27-24-23-21(8-13-31(23)30)15-22(26-24)28-11-6-18(7-12-28)20-5-3-17-2-4-19(17)14-20/h3,5,14-15,18,29H,1-2,4,6-13,16H2,(H,26,27)/t31-/m0/s1. The van der Waals surface area contributed by atoms with Crippen molar-refractivity contribution in [2.75, 3.05) is 35.7 Å². The first-order valence-electron chi connectivity index (χ1n) is 11.8. The number of fused-ring (bicyclic) bond motifs is 2. The van der Waals surface area contributed by atoms with Gasteiger partial charge in [0.25, 0.3) is 0 Å². The Morgan fingerprint density at radius 2 is 1.90 bits per heavy atom. The van der Waals surface area contributed by atoms with Crippen LogP contribution in [-0.2, 0) is 30.1 Å². The van der Waals surface area contributed by atoms with E-state index in [1.165, 1.54) is 29.5 Å². The summed E-state index contributed by atoms with van der Waals surface area (Å²) in [6.07, 6.45) is 8.65. The van der Waals surface area contributed by atoms with Crippen molar-refractivity contribution in [2.45, 2.75) is 67.7 Å². The van der Waals surface area contributed by atoms with Gasteiger partial charge in [-0.25, -0.2) is 4.98 Å². The van der Waals surface area contributed by atoms with Crippen molar-refractivity contribution in [3.63, 3.8) is 0 Å². The van der Waals surface area contributed by atoms with Crippen LogP contribution in [0.4, 0.5) is 11.6 Å². The molecule has 2 fully saturated rings. The number of piperidine rings is 1. The predicted octanol–water partition coefficient (Wildman–Crippen LogP) is 3.55. The van der Waals surface area contributed by atoms with E-state index in [1.807, 2.05) is 0 Å². The van der Waals surface area contributed by atoms with Crippen LogP contribution < -0.4 is 10.2 Å². The second kappa shape index (κ2) is 7.59. The molecule has 4 aliphatic rings. The second-order valence-electron chi connectivity index (χ2n) is 9.82. The average molecular weight is 438 g/mol. The van der Waals surface area contributed by atoms with Crippen molar-refractivity contribution < 1.29 is 9.32 Å². The summed E-state index contributed by atoms with van der Waals surface area (Å²) in [7, 11) is -0.992. The number of aromatic nitrogens is 1. The maximum Gasteiger partial charge on any atom is 0.145 e. The topological polar surface area (TPSA) is 65.5 Å². The van der Waals surface area contributed by atoms with Crippen LogP contribution in [0.15, 0.2) is 29.2 Å². The van der Waals surface area contributed by atoms with Gasteiger partial charge in [-0.2, -0.15) is 0 Å². The molecule has 1 atom stereocenters. The van der Waals surface area contributed by atoms with Gasteiger partial charge in [0.05, 0.1) is 27.8 Å². The normalized spacial score (nSPS) is 24.2. The first-order chi connectivity index (χ1) is 15.1. The van der Waals surface area contributed by atoms with Gasteiger partial charge in [0.1, 0.15) is 11.6 Å². The molecule has 1 aromatic carbocycles. The summed E-state index contributed by atoms with van der Waals surface area (Å²) in [6, 6.07) is 9.29. The number of aliphatic hydroxyl groups excluding tert-OH is 1. The summed E-state index contributed by atoms with van der Waals surface area (Å²) < 4.78 is 12.7. The van der Waals surface area contributed by atoms with Gasteiger partial charge in [0, 0.05) is 18.8 Å². The lowest BCUT2D eigenvalue weighted by Gasteiger charge is -2.42. The molecule has 6 rings (SSSR count). The van der Waals surface area contributed by atoms with Gasteiger partial charge in [0.15, 0.2) is 0 Å². The molecule has 2 aromatic rings. The minimum absolute atomic E-state index is 0.104. The van der Waals surface area contributed by atoms with E-state index in [1.54, 1.807) is 5.56 Å². The van der Waals surface area contributed by atoms with Crippen LogP contribution in [0.2, 0.25) is 0 Å². The van der Waals surface area contributed by atoms with E-state index < -0.39 is 10.8 Å². The summed E-state index contributed by atoms with van der Waals surface area (Å²) in [4.78, 5) is 8.25. The number of aliphatic hydroxyl groups is 1. The summed E-state index contributed by atoms with van der Waals surface area (Å²) in [5.41, 5.74) is 5.48. The highest BCUT2D eigenvalue weighted by Crippen LogP contribution is 2.40. The lowest BCUT2D eigenvalue weighted by molar-refractivity contribution is 0.143. The van der Waals surface area contributed by atoms with Crippen molar-refractivity contribution in [3.8, 4) is 0 Å². The molecule has 31 heavy (non-hydrogen) atoms. The number of aryl methyl sites for hydroxylation is 3. The molecule has 0 amide bonds. The molecule has 1 aromatic heterocycles. The number of nitrogens with zero attached hydrogens (tertiary/aromatic N) is 2. The Balaban J connectivity index is 1.23. The minimum atomic E-state index is -0.992. The zero-order chi connectivity index (χ0) is 21.0. The van der Waals surface area contributed by atoms with Crippen molar-refractivity contribution in [1.29, 1.82) is 0 Å². The van der Waals surface area contributed by atoms with Crippen LogP contribution in [0.5, 0.6) is 0 Å². The van der Waals surface area contributed by atoms with E-state index >= 15 is 0 Å². The fraction of sp³-hybridized carbons (Fsp3) is 0.560. The lowest BCUT2D eigenvalue weighted by atomic mass is 9.77. The van der Waals surface area contributed by atoms with Crippen LogP contribution in [-0.4, -0.2) is 45.3 Å². The van der Waals surface area contributed by atoms with Crippen LogP contribution in [0.3, 0.4) is 0 Å². The van der Waals surface area contributed by atoms with E-state index in [0.717, 1.165) is 68.1 Å². The lowest BCUT2D eigenvalue weighted by Crippen LogP contribution is -2.48. The number of hydrogen-bond acceptors (Lipinski definition) is 5. The Bertz CT molecular complexity index is 1040. The Kier molecular flexibility index (Phi) is 4.83. The second-order valence-corrected chi connectivity index (χ2v) is 11.3. The summed E-state index contributed by atoms with van der Waals surface area (Å²) in [5, 5.41) is 13.5. The third kappa shape index (κ3) is 3.39. The molecule has 1 saturated carbocycles. The molecule has 2 aliphatic carbocycles. The Labute approximate surface area is 186 Å². The molecular weight excluding hydrogens is 406 g/mol. The molecule has 2 N–H and O–H groups in total. The smallest absolute Gasteiger partial charge is 0.145 e. The molecule has 0 spiro atoms. The van der Waals surface area contributed by atoms with E-state index in [0.29, 0.717) is 11.7 Å². The van der Waals surface area contributed by atoms with Crippen LogP contribution >= 0.6 is 0 Å². The molecule has 6 heteroatoms. The average Bonchev–Trinajstić information content (AvgIpc) is 3.13. The molecule has 164 valence electrons. The molecule has 1 saturated heterocycles. The van der Waals surface area contributed by atoms with Gasteiger partial charge < -0.3 is 15.3 Å². The number of anilines is 2. The van der Waals surface area contributed by atoms with Crippen LogP contribution in [0.1, 0.15) is 60.3 Å². The van der Waals surface area contributed by atoms with E-state index in [4.69, 9.17) is 4.98 Å². The highest BCUT2D eigenvalue weighted by molar-refractivity contribution is 7.85. The zero-order valence-corrected chi connectivity index (χ0v) is 18.8. The van der Waals surface area contributed by atoms with Gasteiger partial charge in [0.2, 0.25) is 0 Å². The van der Waals surface area contributed by atoms with Crippen molar-refractivity contribution in [2.24, 2.45) is 0 Å². The highest BCUT2D eigenvalue weighted by atomic mass is 32.2. The maximum absolute atomic E-state index is 12.7. The monoisotopic (exact) mass is 437 g/mol. The number of benzene rings is 1. The molecule has 0 bridgehead atoms. The maximum atomic E-state index is 12.7. The van der Waals surface area contributed by atoms with Crippen LogP contribution in [0.25, 0.3) is 0 Å². The molecule has 3 heterocycles. The first kappa shape index (κ1) is 19.7. The summed E-state index contributed by atoms with van der Waals surface area (Å²) in [6.45, 7) is 2.11. The summed E-state index contributed by atoms with van der Waals surface area (Å²) >= 11 is 0. The molecule has 5 nitrogen and oxygen atoms in total. The largest absolute Gasteiger partial charge is 0.394 e. The Morgan fingerprint density at radius 1 is 1.10 bits per heavy atom. The van der Waals surface area contributed by atoms with E-state index in [9.17, 15) is 9.32 Å². The molecule has 0 unspecified atom stereocenters. The number of pyridine rings is 1. The predicted molar refractivity (Wildman–Crippen MR) is 125 cm³/mol. The van der Waals surface area contributed by atoms with Crippen molar-refractivity contribution in [3.05, 3.63) is 46.5 Å². The number of nitrogens with one attached hydrogen (secondary N) is 1. The van der Waals surface area contributed by atoms with Crippen molar-refractivity contribution >= 4 is 22.4 Å². The fourth-order valence-electron chi connectivity index (χ4n) is 5.65. The van der Waals surface area contributed by atoms with Crippen molar-refractivity contribution in [1.82, 2.24) is 4.98 Å². The molecule has 2 aliphatic heterocycles. The van der Waals surface area contributed by atoms with Crippen LogP contribution in [0, 0.1) is 0 Å². The van der Waals surface area contributed by atoms with Gasteiger partial charge in [-0.1, -0.05) is 18.2 Å². The third-order valence-electron chi connectivity index (χ3n) is 8.00. The Hall–Kier alpha value is -1.92. The van der Waals surface area contributed by atoms with Gasteiger partial charge >= 0.3 is 0 Å². The first-order valence-corrected chi connectivity index (χ1v) is 13.1. The van der Waals surface area contributed by atoms with Gasteiger partial charge in [-0.05, 0) is 85.6 Å². The quantitative estimate of drug-likeness (QED) is 0.749. The number of hydrogen-bond donors (Lipinski definition) is 2. The van der Waals surface area contributed by atoms with E-state index in [2.05, 4.69) is 34.5 Å². The fourth-order valence-corrected chi connectivity index (χ4v) is 7.03. The SMILES string of the molecule is O=[S@]1CCc2cc(N3CCC(c4ccc5c(c4)CC5)CC3)nc(NC3(CO)CCC3)c21. The van der Waals surface area contributed by atoms with E-state index in [-0.39, 0.29) is 12.1 Å². The highest BCUT2D eigenvalue weighted by Gasteiger charge is 2.38. The number of rotatable bonds is 5. The van der Waals surface area contributed by atoms with Gasteiger partial charge in [-0.3, -0.25) is 4.21 Å². The van der Waals surface area contributed by atoms with Gasteiger partial charge in [-0.15, -0.1) is 0 Å². The molecular formula is C25H31N3O2S.